The number of rotatable bonds is 6. The number of amides is 3. The molecule has 0 saturated carbocycles. The molecule has 0 spiro atoms. The Labute approximate surface area is 180 Å². The van der Waals surface area contributed by atoms with E-state index in [4.69, 9.17) is 4.42 Å². The Bertz CT molecular complexity index is 1220. The van der Waals surface area contributed by atoms with Gasteiger partial charge in [0.05, 0.1) is 6.54 Å². The average Bonchev–Trinajstić information content (AvgIpc) is 2.99. The molecule has 0 bridgehead atoms. The van der Waals surface area contributed by atoms with Gasteiger partial charge in [-0.1, -0.05) is 50.1 Å². The zero-order valence-electron chi connectivity index (χ0n) is 18.0. The number of aryl methyl sites for hydroxylation is 2. The molecule has 2 heterocycles. The SMILES string of the molecule is CCCCC1(c2ccccc2)NC(=O)N(Cc2cc(=O)oc3cc(C)c(C)cc23)C1=O. The fourth-order valence-corrected chi connectivity index (χ4v) is 4.23. The highest BCUT2D eigenvalue weighted by molar-refractivity contribution is 6.07. The second kappa shape index (κ2) is 8.02. The Morgan fingerprint density at radius 2 is 1.71 bits per heavy atom. The molecule has 31 heavy (non-hydrogen) atoms. The smallest absolute Gasteiger partial charge is 0.336 e. The van der Waals surface area contributed by atoms with Crippen LogP contribution in [0.4, 0.5) is 4.79 Å². The lowest BCUT2D eigenvalue weighted by Gasteiger charge is -2.27. The molecule has 6 nitrogen and oxygen atoms in total. The van der Waals surface area contributed by atoms with Gasteiger partial charge in [0.2, 0.25) is 0 Å². The van der Waals surface area contributed by atoms with Gasteiger partial charge >= 0.3 is 11.7 Å². The van der Waals surface area contributed by atoms with Crippen LogP contribution >= 0.6 is 0 Å². The van der Waals surface area contributed by atoms with Gasteiger partial charge in [0.15, 0.2) is 0 Å². The minimum absolute atomic E-state index is 0.00990. The van der Waals surface area contributed by atoms with Crippen molar-refractivity contribution in [1.82, 2.24) is 10.2 Å². The Hall–Kier alpha value is -3.41. The van der Waals surface area contributed by atoms with Crippen molar-refractivity contribution in [1.29, 1.82) is 0 Å². The first-order valence-electron chi connectivity index (χ1n) is 10.6. The molecule has 0 aliphatic carbocycles. The topological polar surface area (TPSA) is 79.6 Å². The highest BCUT2D eigenvalue weighted by Crippen LogP contribution is 2.35. The van der Waals surface area contributed by atoms with Crippen molar-refractivity contribution in [2.24, 2.45) is 0 Å². The van der Waals surface area contributed by atoms with Gasteiger partial charge in [-0.05, 0) is 54.7 Å². The number of benzene rings is 2. The second-order valence-corrected chi connectivity index (χ2v) is 8.22. The van der Waals surface area contributed by atoms with Crippen LogP contribution in [-0.2, 0) is 16.9 Å². The average molecular weight is 418 g/mol. The predicted octanol–water partition coefficient (Wildman–Crippen LogP) is 4.55. The van der Waals surface area contributed by atoms with E-state index in [0.717, 1.165) is 34.9 Å². The predicted molar refractivity (Wildman–Crippen MR) is 119 cm³/mol. The largest absolute Gasteiger partial charge is 0.423 e. The van der Waals surface area contributed by atoms with Crippen LogP contribution in [0.1, 0.15) is 48.4 Å². The highest BCUT2D eigenvalue weighted by atomic mass is 16.4. The third-order valence-electron chi connectivity index (χ3n) is 6.12. The van der Waals surface area contributed by atoms with E-state index in [2.05, 4.69) is 12.2 Å². The van der Waals surface area contributed by atoms with Gasteiger partial charge in [-0.3, -0.25) is 9.69 Å². The fraction of sp³-hybridized carbons (Fsp3) is 0.320. The quantitative estimate of drug-likeness (QED) is 0.471. The van der Waals surface area contributed by atoms with Crippen LogP contribution in [0.15, 0.2) is 57.7 Å². The number of hydrogen-bond donors (Lipinski definition) is 1. The normalized spacial score (nSPS) is 18.6. The zero-order valence-corrected chi connectivity index (χ0v) is 18.0. The van der Waals surface area contributed by atoms with E-state index in [-0.39, 0.29) is 12.5 Å². The standard InChI is InChI=1S/C25H26N2O4/c1-4-5-11-25(19-9-7-6-8-10-19)23(29)27(24(30)26-25)15-18-14-22(28)31-21-13-17(3)16(2)12-20(18)21/h6-10,12-14H,4-5,11,15H2,1-3H3,(H,26,30). The first-order valence-corrected chi connectivity index (χ1v) is 10.6. The molecular formula is C25H26N2O4. The van der Waals surface area contributed by atoms with Gasteiger partial charge in [-0.25, -0.2) is 9.59 Å². The molecule has 3 amide bonds. The number of nitrogens with one attached hydrogen (secondary N) is 1. The molecule has 160 valence electrons. The summed E-state index contributed by atoms with van der Waals surface area (Å²) in [6.07, 6.45) is 2.22. The molecule has 2 aromatic carbocycles. The molecule has 1 aromatic heterocycles. The summed E-state index contributed by atoms with van der Waals surface area (Å²) in [5, 5.41) is 3.69. The summed E-state index contributed by atoms with van der Waals surface area (Å²) in [6, 6.07) is 14.0. The van der Waals surface area contributed by atoms with Crippen LogP contribution < -0.4 is 10.9 Å². The Morgan fingerprint density at radius 1 is 1.00 bits per heavy atom. The fourth-order valence-electron chi connectivity index (χ4n) is 4.23. The third-order valence-corrected chi connectivity index (χ3v) is 6.12. The Morgan fingerprint density at radius 3 is 2.42 bits per heavy atom. The van der Waals surface area contributed by atoms with E-state index < -0.39 is 17.2 Å². The van der Waals surface area contributed by atoms with E-state index in [1.165, 1.54) is 11.0 Å². The van der Waals surface area contributed by atoms with E-state index in [9.17, 15) is 14.4 Å². The first kappa shape index (κ1) is 20.8. The lowest BCUT2D eigenvalue weighted by molar-refractivity contribution is -0.132. The van der Waals surface area contributed by atoms with Crippen LogP contribution in [-0.4, -0.2) is 16.8 Å². The van der Waals surface area contributed by atoms with E-state index in [1.807, 2.05) is 56.3 Å². The van der Waals surface area contributed by atoms with Crippen LogP contribution in [0.5, 0.6) is 0 Å². The minimum Gasteiger partial charge on any atom is -0.423 e. The van der Waals surface area contributed by atoms with Crippen molar-refractivity contribution in [3.8, 4) is 0 Å². The molecule has 1 saturated heterocycles. The first-order chi connectivity index (χ1) is 14.9. The van der Waals surface area contributed by atoms with E-state index in [1.54, 1.807) is 0 Å². The molecule has 3 aromatic rings. The van der Waals surface area contributed by atoms with E-state index in [0.29, 0.717) is 17.6 Å². The second-order valence-electron chi connectivity index (χ2n) is 8.22. The van der Waals surface area contributed by atoms with Crippen molar-refractivity contribution in [3.05, 3.63) is 81.2 Å². The van der Waals surface area contributed by atoms with Crippen molar-refractivity contribution in [2.75, 3.05) is 0 Å². The van der Waals surface area contributed by atoms with Crippen molar-refractivity contribution in [2.45, 2.75) is 52.1 Å². The van der Waals surface area contributed by atoms with E-state index >= 15 is 0 Å². The van der Waals surface area contributed by atoms with Crippen molar-refractivity contribution in [3.63, 3.8) is 0 Å². The number of urea groups is 1. The maximum absolute atomic E-state index is 13.6. The molecule has 1 atom stereocenters. The molecule has 1 aliphatic heterocycles. The molecular weight excluding hydrogens is 392 g/mol. The molecule has 1 unspecified atom stereocenters. The number of carbonyl (C=O) groups is 2. The molecule has 1 aliphatic rings. The van der Waals surface area contributed by atoms with Crippen LogP contribution in [0.2, 0.25) is 0 Å². The molecule has 4 rings (SSSR count). The van der Waals surface area contributed by atoms with Gasteiger partial charge in [0.1, 0.15) is 11.1 Å². The van der Waals surface area contributed by atoms with Crippen molar-refractivity contribution < 1.29 is 14.0 Å². The number of unbranched alkanes of at least 4 members (excludes halogenated alkanes) is 1. The summed E-state index contributed by atoms with van der Waals surface area (Å²) in [4.78, 5) is 40.0. The number of nitrogens with zero attached hydrogens (tertiary/aromatic N) is 1. The summed E-state index contributed by atoms with van der Waals surface area (Å²) in [7, 11) is 0. The highest BCUT2D eigenvalue weighted by Gasteiger charge is 2.51. The summed E-state index contributed by atoms with van der Waals surface area (Å²) < 4.78 is 5.36. The molecule has 6 heteroatoms. The maximum Gasteiger partial charge on any atom is 0.336 e. The number of carbonyl (C=O) groups excluding carboxylic acids is 2. The zero-order chi connectivity index (χ0) is 22.2. The molecule has 0 radical (unpaired) electrons. The number of fused-ring (bicyclic) bond motifs is 1. The lowest BCUT2D eigenvalue weighted by atomic mass is 9.85. The summed E-state index contributed by atoms with van der Waals surface area (Å²) in [5.74, 6) is -0.289. The van der Waals surface area contributed by atoms with Crippen LogP contribution in [0, 0.1) is 13.8 Å². The number of imide groups is 1. The van der Waals surface area contributed by atoms with Gasteiger partial charge < -0.3 is 9.73 Å². The van der Waals surface area contributed by atoms with Gasteiger partial charge in [0, 0.05) is 11.5 Å². The molecule has 1 N–H and O–H groups in total. The minimum atomic E-state index is -1.09. The van der Waals surface area contributed by atoms with Gasteiger partial charge in [0.25, 0.3) is 5.91 Å². The summed E-state index contributed by atoms with van der Waals surface area (Å²) in [5.41, 5.74) is 2.28. The maximum atomic E-state index is 13.6. The third kappa shape index (κ3) is 3.63. The monoisotopic (exact) mass is 418 g/mol. The number of hydrogen-bond acceptors (Lipinski definition) is 4. The van der Waals surface area contributed by atoms with Gasteiger partial charge in [-0.15, -0.1) is 0 Å². The van der Waals surface area contributed by atoms with Crippen LogP contribution in [0.3, 0.4) is 0 Å². The lowest BCUT2D eigenvalue weighted by Crippen LogP contribution is -2.44. The summed E-state index contributed by atoms with van der Waals surface area (Å²) >= 11 is 0. The van der Waals surface area contributed by atoms with Gasteiger partial charge in [-0.2, -0.15) is 0 Å². The Balaban J connectivity index is 1.76. The van der Waals surface area contributed by atoms with Crippen molar-refractivity contribution >= 4 is 22.9 Å². The summed E-state index contributed by atoms with van der Waals surface area (Å²) in [6.45, 7) is 5.98. The molecule has 1 fully saturated rings. The Kier molecular flexibility index (Phi) is 5.39. The van der Waals surface area contributed by atoms with Crippen LogP contribution in [0.25, 0.3) is 11.0 Å².